The van der Waals surface area contributed by atoms with Gasteiger partial charge in [0.25, 0.3) is 0 Å². The molecule has 0 fully saturated rings. The molecule has 3 aromatic rings. The van der Waals surface area contributed by atoms with Crippen LogP contribution in [0.2, 0.25) is 0 Å². The number of pyridine rings is 1. The van der Waals surface area contributed by atoms with Gasteiger partial charge < -0.3 is 11.1 Å². The van der Waals surface area contributed by atoms with E-state index in [4.69, 9.17) is 5.73 Å². The molecule has 0 amide bonds. The minimum atomic E-state index is 0.542. The molecule has 0 aliphatic carbocycles. The third-order valence-corrected chi connectivity index (χ3v) is 4.64. The highest BCUT2D eigenvalue weighted by Gasteiger charge is 2.13. The third kappa shape index (κ3) is 3.20. The Hall–Kier alpha value is -1.99. The van der Waals surface area contributed by atoms with Crippen LogP contribution in [0.15, 0.2) is 29.9 Å². The van der Waals surface area contributed by atoms with Crippen molar-refractivity contribution in [1.29, 1.82) is 0 Å². The second-order valence-electron chi connectivity index (χ2n) is 4.55. The van der Waals surface area contributed by atoms with Crippen LogP contribution in [-0.2, 0) is 6.42 Å². The fraction of sp³-hybridized carbons (Fsp3) is 0.214. The third-order valence-electron chi connectivity index (χ3n) is 3.00. The Morgan fingerprint density at radius 3 is 3.00 bits per heavy atom. The molecule has 0 bridgehead atoms. The zero-order valence-electron chi connectivity index (χ0n) is 11.5. The Morgan fingerprint density at radius 2 is 2.29 bits per heavy atom. The highest BCUT2D eigenvalue weighted by molar-refractivity contribution is 7.11. The minimum absolute atomic E-state index is 0.542. The smallest absolute Gasteiger partial charge is 0.147 e. The second kappa shape index (κ2) is 6.19. The molecule has 3 heterocycles. The van der Waals surface area contributed by atoms with Crippen LogP contribution >= 0.6 is 22.9 Å². The van der Waals surface area contributed by atoms with Gasteiger partial charge >= 0.3 is 0 Å². The van der Waals surface area contributed by atoms with Crippen molar-refractivity contribution in [1.82, 2.24) is 14.3 Å². The Balaban J connectivity index is 1.72. The molecule has 0 atom stereocenters. The van der Waals surface area contributed by atoms with Gasteiger partial charge in [0.15, 0.2) is 0 Å². The molecule has 0 aliphatic rings. The zero-order valence-corrected chi connectivity index (χ0v) is 13.2. The van der Waals surface area contributed by atoms with Crippen molar-refractivity contribution in [2.75, 3.05) is 17.6 Å². The first-order valence-corrected chi connectivity index (χ1v) is 8.20. The summed E-state index contributed by atoms with van der Waals surface area (Å²) in [5.74, 6) is 0.542. The number of hydrogen-bond donors (Lipinski definition) is 2. The van der Waals surface area contributed by atoms with Crippen LogP contribution < -0.4 is 11.1 Å². The highest BCUT2D eigenvalue weighted by atomic mass is 32.1. The van der Waals surface area contributed by atoms with Crippen LogP contribution in [0.3, 0.4) is 0 Å². The first-order chi connectivity index (χ1) is 10.2. The maximum absolute atomic E-state index is 5.98. The van der Waals surface area contributed by atoms with Crippen molar-refractivity contribution in [3.63, 3.8) is 0 Å². The summed E-state index contributed by atoms with van der Waals surface area (Å²) in [7, 11) is 0. The van der Waals surface area contributed by atoms with Crippen LogP contribution in [0.5, 0.6) is 0 Å². The summed E-state index contributed by atoms with van der Waals surface area (Å²) in [5, 5.41) is 7.58. The lowest BCUT2D eigenvalue weighted by Crippen LogP contribution is -2.05. The Labute approximate surface area is 131 Å². The van der Waals surface area contributed by atoms with Gasteiger partial charge in [0.1, 0.15) is 10.8 Å². The standard InChI is InChI=1S/C14H15N5S2/c1-9-18-11(8-20-9)4-6-17-14-12(13(15)19-21-14)10-3-2-5-16-7-10/h2-3,5,7-8,17H,4,6H2,1H3,(H2,15,19). The van der Waals surface area contributed by atoms with E-state index in [-0.39, 0.29) is 0 Å². The van der Waals surface area contributed by atoms with Gasteiger partial charge in [-0.3, -0.25) is 4.98 Å². The molecule has 108 valence electrons. The molecular formula is C14H15N5S2. The summed E-state index contributed by atoms with van der Waals surface area (Å²) in [5.41, 5.74) is 9.01. The number of hydrogen-bond acceptors (Lipinski definition) is 7. The quantitative estimate of drug-likeness (QED) is 0.755. The van der Waals surface area contributed by atoms with Gasteiger partial charge in [-0.25, -0.2) is 4.98 Å². The van der Waals surface area contributed by atoms with E-state index in [2.05, 4.69) is 25.0 Å². The Kier molecular flexibility index (Phi) is 4.12. The maximum Gasteiger partial charge on any atom is 0.147 e. The highest BCUT2D eigenvalue weighted by Crippen LogP contribution is 2.36. The molecule has 3 N–H and O–H groups in total. The zero-order chi connectivity index (χ0) is 14.7. The molecule has 0 unspecified atom stereocenters. The minimum Gasteiger partial charge on any atom is -0.382 e. The lowest BCUT2D eigenvalue weighted by molar-refractivity contribution is 0.972. The summed E-state index contributed by atoms with van der Waals surface area (Å²) in [6.07, 6.45) is 4.43. The van der Waals surface area contributed by atoms with E-state index < -0.39 is 0 Å². The second-order valence-corrected chi connectivity index (χ2v) is 6.38. The maximum atomic E-state index is 5.98. The number of rotatable bonds is 5. The Bertz CT molecular complexity index is 720. The molecule has 21 heavy (non-hydrogen) atoms. The van der Waals surface area contributed by atoms with Crippen LogP contribution in [0, 0.1) is 6.92 Å². The van der Waals surface area contributed by atoms with Crippen LogP contribution in [-0.4, -0.2) is 20.9 Å². The van der Waals surface area contributed by atoms with Crippen molar-refractivity contribution in [2.45, 2.75) is 13.3 Å². The fourth-order valence-corrected chi connectivity index (χ4v) is 3.45. The van der Waals surface area contributed by atoms with Crippen LogP contribution in [0.1, 0.15) is 10.7 Å². The molecule has 3 rings (SSSR count). The summed E-state index contributed by atoms with van der Waals surface area (Å²) in [4.78, 5) is 8.60. The molecule has 0 saturated heterocycles. The molecule has 0 aromatic carbocycles. The number of thiazole rings is 1. The van der Waals surface area contributed by atoms with Crippen molar-refractivity contribution in [3.8, 4) is 11.1 Å². The van der Waals surface area contributed by atoms with Gasteiger partial charge in [0.2, 0.25) is 0 Å². The number of nitrogen functional groups attached to an aromatic ring is 1. The lowest BCUT2D eigenvalue weighted by atomic mass is 10.1. The summed E-state index contributed by atoms with van der Waals surface area (Å²) < 4.78 is 4.24. The number of nitrogens with zero attached hydrogens (tertiary/aromatic N) is 3. The molecule has 0 aliphatic heterocycles. The van der Waals surface area contributed by atoms with E-state index in [1.807, 2.05) is 19.1 Å². The largest absolute Gasteiger partial charge is 0.382 e. The Morgan fingerprint density at radius 1 is 1.38 bits per heavy atom. The number of nitrogens with two attached hydrogens (primary N) is 1. The number of nitrogens with one attached hydrogen (secondary N) is 1. The predicted molar refractivity (Wildman–Crippen MR) is 88.8 cm³/mol. The van der Waals surface area contributed by atoms with E-state index in [1.165, 1.54) is 11.5 Å². The van der Waals surface area contributed by atoms with Crippen LogP contribution in [0.4, 0.5) is 10.8 Å². The molecule has 0 saturated carbocycles. The fourth-order valence-electron chi connectivity index (χ4n) is 2.04. The average molecular weight is 317 g/mol. The first kappa shape index (κ1) is 14.0. The normalized spacial score (nSPS) is 10.7. The molecule has 7 heteroatoms. The van der Waals surface area contributed by atoms with E-state index in [0.29, 0.717) is 5.82 Å². The van der Waals surface area contributed by atoms with Crippen molar-refractivity contribution in [2.24, 2.45) is 0 Å². The van der Waals surface area contributed by atoms with E-state index in [1.54, 1.807) is 23.7 Å². The first-order valence-electron chi connectivity index (χ1n) is 6.54. The summed E-state index contributed by atoms with van der Waals surface area (Å²) in [6, 6.07) is 3.89. The van der Waals surface area contributed by atoms with E-state index >= 15 is 0 Å². The van der Waals surface area contributed by atoms with Gasteiger partial charge in [-0.15, -0.1) is 11.3 Å². The topological polar surface area (TPSA) is 76.7 Å². The van der Waals surface area contributed by atoms with Crippen molar-refractivity contribution < 1.29 is 0 Å². The SMILES string of the molecule is Cc1nc(CCNc2snc(N)c2-c2cccnc2)cs1. The molecular weight excluding hydrogens is 302 g/mol. The molecule has 0 radical (unpaired) electrons. The molecule has 5 nitrogen and oxygen atoms in total. The summed E-state index contributed by atoms with van der Waals surface area (Å²) in [6.45, 7) is 2.82. The van der Waals surface area contributed by atoms with E-state index in [9.17, 15) is 0 Å². The number of anilines is 2. The monoisotopic (exact) mass is 317 g/mol. The molecule has 3 aromatic heterocycles. The lowest BCUT2D eigenvalue weighted by Gasteiger charge is -2.06. The molecule has 0 spiro atoms. The van der Waals surface area contributed by atoms with Gasteiger partial charge in [0.05, 0.1) is 16.3 Å². The summed E-state index contributed by atoms with van der Waals surface area (Å²) >= 11 is 3.06. The van der Waals surface area contributed by atoms with E-state index in [0.717, 1.165) is 39.8 Å². The van der Waals surface area contributed by atoms with Gasteiger partial charge in [-0.05, 0) is 24.5 Å². The van der Waals surface area contributed by atoms with Gasteiger partial charge in [-0.2, -0.15) is 4.37 Å². The van der Waals surface area contributed by atoms with Gasteiger partial charge in [-0.1, -0.05) is 6.07 Å². The van der Waals surface area contributed by atoms with Crippen molar-refractivity contribution in [3.05, 3.63) is 40.6 Å². The van der Waals surface area contributed by atoms with Crippen molar-refractivity contribution >= 4 is 33.7 Å². The number of aromatic nitrogens is 3. The predicted octanol–water partition coefficient (Wildman–Crippen LogP) is 3.21. The number of aryl methyl sites for hydroxylation is 1. The van der Waals surface area contributed by atoms with Crippen LogP contribution in [0.25, 0.3) is 11.1 Å². The van der Waals surface area contributed by atoms with Gasteiger partial charge in [0, 0.05) is 36.3 Å². The average Bonchev–Trinajstić information content (AvgIpc) is 3.06.